The molecule has 3 aromatic heterocycles. The van der Waals surface area contributed by atoms with E-state index in [0.29, 0.717) is 22.0 Å². The Balaban J connectivity index is 1.49. The van der Waals surface area contributed by atoms with Crippen molar-refractivity contribution in [1.82, 2.24) is 15.0 Å². The van der Waals surface area contributed by atoms with Crippen LogP contribution >= 0.6 is 34.4 Å². The van der Waals surface area contributed by atoms with Gasteiger partial charge in [0.15, 0.2) is 10.3 Å². The minimum atomic E-state index is -0.120. The Kier molecular flexibility index (Phi) is 4.85. The van der Waals surface area contributed by atoms with Crippen LogP contribution in [0.4, 0.5) is 10.9 Å². The predicted octanol–water partition coefficient (Wildman–Crippen LogP) is 3.89. The molecule has 9 heteroatoms. The lowest BCUT2D eigenvalue weighted by Gasteiger charge is -2.17. The number of carbonyl (C=O) groups is 1. The number of amides is 1. The Morgan fingerprint density at radius 3 is 3.04 bits per heavy atom. The molecular formula is C17H19N5OS3. The maximum absolute atomic E-state index is 12.1. The highest BCUT2D eigenvalue weighted by Gasteiger charge is 2.23. The van der Waals surface area contributed by atoms with Gasteiger partial charge in [-0.1, -0.05) is 18.7 Å². The number of nitrogens with two attached hydrogens (primary N) is 1. The molecule has 0 spiro atoms. The first-order valence-electron chi connectivity index (χ1n) is 8.42. The Labute approximate surface area is 163 Å². The topological polar surface area (TPSA) is 93.8 Å². The van der Waals surface area contributed by atoms with E-state index in [9.17, 15) is 4.79 Å². The number of rotatable bonds is 4. The number of carbonyl (C=O) groups excluding carboxylic acids is 1. The molecule has 0 radical (unpaired) electrons. The van der Waals surface area contributed by atoms with E-state index in [4.69, 9.17) is 5.73 Å². The van der Waals surface area contributed by atoms with Crippen molar-refractivity contribution < 1.29 is 4.79 Å². The fourth-order valence-electron chi connectivity index (χ4n) is 3.11. The van der Waals surface area contributed by atoms with Crippen LogP contribution in [0, 0.1) is 12.8 Å². The first-order chi connectivity index (χ1) is 12.5. The molecule has 3 aromatic rings. The fraction of sp³-hybridized carbons (Fsp3) is 0.412. The summed E-state index contributed by atoms with van der Waals surface area (Å²) in [6.07, 6.45) is 3.32. The molecule has 4 rings (SSSR count). The molecule has 3 heterocycles. The smallest absolute Gasteiger partial charge is 0.236 e. The molecule has 26 heavy (non-hydrogen) atoms. The van der Waals surface area contributed by atoms with Crippen LogP contribution in [0.15, 0.2) is 10.5 Å². The highest BCUT2D eigenvalue weighted by Crippen LogP contribution is 2.39. The maximum Gasteiger partial charge on any atom is 0.236 e. The molecule has 1 aliphatic rings. The van der Waals surface area contributed by atoms with Crippen LogP contribution < -0.4 is 11.1 Å². The van der Waals surface area contributed by atoms with Crippen molar-refractivity contribution in [2.45, 2.75) is 38.3 Å². The SMILES string of the molecule is Cc1csc(NC(=O)CSc2nc(N)c3c4c(sc3n2)CC(C)CC4)n1. The molecule has 1 amide bonds. The number of thiophene rings is 1. The minimum absolute atomic E-state index is 0.120. The summed E-state index contributed by atoms with van der Waals surface area (Å²) in [5, 5.41) is 6.88. The Morgan fingerprint density at radius 1 is 1.42 bits per heavy atom. The lowest BCUT2D eigenvalue weighted by Crippen LogP contribution is -2.14. The molecule has 0 aliphatic heterocycles. The number of thiazole rings is 1. The first kappa shape index (κ1) is 17.7. The largest absolute Gasteiger partial charge is 0.383 e. The zero-order valence-electron chi connectivity index (χ0n) is 14.5. The third kappa shape index (κ3) is 3.56. The maximum atomic E-state index is 12.1. The molecule has 3 N–H and O–H groups in total. The zero-order valence-corrected chi connectivity index (χ0v) is 17.0. The summed E-state index contributed by atoms with van der Waals surface area (Å²) in [5.74, 6) is 1.34. The van der Waals surface area contributed by atoms with Gasteiger partial charge in [-0.25, -0.2) is 15.0 Å². The minimum Gasteiger partial charge on any atom is -0.383 e. The molecule has 1 aliphatic carbocycles. The number of thioether (sulfide) groups is 1. The van der Waals surface area contributed by atoms with E-state index in [0.717, 1.165) is 28.8 Å². The highest BCUT2D eigenvalue weighted by molar-refractivity contribution is 7.99. The molecule has 0 saturated heterocycles. The Hall–Kier alpha value is -1.71. The summed E-state index contributed by atoms with van der Waals surface area (Å²) >= 11 is 4.43. The second kappa shape index (κ2) is 7.13. The van der Waals surface area contributed by atoms with Crippen molar-refractivity contribution in [3.63, 3.8) is 0 Å². The number of hydrogen-bond donors (Lipinski definition) is 2. The standard InChI is InChI=1S/C17H19N5OS3/c1-8-3-4-10-11(5-8)26-15-13(10)14(18)21-17(22-15)25-7-12(23)20-16-19-9(2)6-24-16/h6,8H,3-5,7H2,1-2H3,(H2,18,21,22)(H,19,20,23). The van der Waals surface area contributed by atoms with E-state index in [1.807, 2.05) is 12.3 Å². The molecular weight excluding hydrogens is 386 g/mol. The average Bonchev–Trinajstić information content (AvgIpc) is 3.15. The molecule has 0 saturated carbocycles. The van der Waals surface area contributed by atoms with Gasteiger partial charge in [-0.05, 0) is 37.7 Å². The lowest BCUT2D eigenvalue weighted by molar-refractivity contribution is -0.113. The van der Waals surface area contributed by atoms with Crippen LogP contribution in [0.3, 0.4) is 0 Å². The van der Waals surface area contributed by atoms with Crippen molar-refractivity contribution in [2.24, 2.45) is 5.92 Å². The number of nitrogen functional groups attached to an aromatic ring is 1. The number of hydrogen-bond acceptors (Lipinski definition) is 8. The van der Waals surface area contributed by atoms with Gasteiger partial charge in [-0.15, -0.1) is 22.7 Å². The second-order valence-corrected chi connectivity index (χ2v) is 9.44. The number of nitrogens with one attached hydrogen (secondary N) is 1. The monoisotopic (exact) mass is 405 g/mol. The summed E-state index contributed by atoms with van der Waals surface area (Å²) < 4.78 is 0. The summed E-state index contributed by atoms with van der Waals surface area (Å²) in [4.78, 5) is 27.7. The molecule has 6 nitrogen and oxygen atoms in total. The fourth-order valence-corrected chi connectivity index (χ4v) is 5.92. The van der Waals surface area contributed by atoms with Crippen LogP contribution in [-0.2, 0) is 17.6 Å². The van der Waals surface area contributed by atoms with Crippen LogP contribution in [0.1, 0.15) is 29.5 Å². The quantitative estimate of drug-likeness (QED) is 0.505. The molecule has 136 valence electrons. The van der Waals surface area contributed by atoms with Gasteiger partial charge in [0.25, 0.3) is 0 Å². The van der Waals surface area contributed by atoms with Crippen molar-refractivity contribution in [3.8, 4) is 0 Å². The van der Waals surface area contributed by atoms with Gasteiger partial charge < -0.3 is 11.1 Å². The lowest BCUT2D eigenvalue weighted by atomic mass is 9.89. The second-order valence-electron chi connectivity index (χ2n) is 6.55. The van der Waals surface area contributed by atoms with Crippen LogP contribution in [0.2, 0.25) is 0 Å². The molecule has 0 bridgehead atoms. The van der Waals surface area contributed by atoms with Crippen molar-refractivity contribution >= 4 is 61.5 Å². The van der Waals surface area contributed by atoms with Crippen molar-refractivity contribution in [2.75, 3.05) is 16.8 Å². The van der Waals surface area contributed by atoms with Crippen molar-refractivity contribution in [1.29, 1.82) is 0 Å². The molecule has 0 fully saturated rings. The molecule has 1 unspecified atom stereocenters. The summed E-state index contributed by atoms with van der Waals surface area (Å²) in [5.41, 5.74) is 8.45. The zero-order chi connectivity index (χ0) is 18.3. The van der Waals surface area contributed by atoms with Gasteiger partial charge in [-0.2, -0.15) is 0 Å². The number of aryl methyl sites for hydroxylation is 2. The average molecular weight is 406 g/mol. The van der Waals surface area contributed by atoms with Crippen LogP contribution in [0.5, 0.6) is 0 Å². The summed E-state index contributed by atoms with van der Waals surface area (Å²) in [7, 11) is 0. The van der Waals surface area contributed by atoms with Gasteiger partial charge in [0.05, 0.1) is 16.8 Å². The Morgan fingerprint density at radius 2 is 2.27 bits per heavy atom. The predicted molar refractivity (Wildman–Crippen MR) is 109 cm³/mol. The number of nitrogens with zero attached hydrogens (tertiary/aromatic N) is 3. The number of fused-ring (bicyclic) bond motifs is 3. The van der Waals surface area contributed by atoms with Gasteiger partial charge in [0.1, 0.15) is 10.6 Å². The van der Waals surface area contributed by atoms with Gasteiger partial charge >= 0.3 is 0 Å². The van der Waals surface area contributed by atoms with E-state index in [1.54, 1.807) is 11.3 Å². The van der Waals surface area contributed by atoms with Crippen LogP contribution in [0.25, 0.3) is 10.2 Å². The number of anilines is 2. The third-order valence-electron chi connectivity index (χ3n) is 4.36. The summed E-state index contributed by atoms with van der Waals surface area (Å²) in [6.45, 7) is 4.18. The van der Waals surface area contributed by atoms with Gasteiger partial charge in [-0.3, -0.25) is 4.79 Å². The van der Waals surface area contributed by atoms with Crippen molar-refractivity contribution in [3.05, 3.63) is 21.5 Å². The molecule has 1 atom stereocenters. The highest BCUT2D eigenvalue weighted by atomic mass is 32.2. The van der Waals surface area contributed by atoms with E-state index >= 15 is 0 Å². The molecule has 0 aromatic carbocycles. The Bertz CT molecular complexity index is 980. The number of aromatic nitrogens is 3. The van der Waals surface area contributed by atoms with E-state index in [1.165, 1.54) is 40.0 Å². The van der Waals surface area contributed by atoms with Gasteiger partial charge in [0.2, 0.25) is 5.91 Å². The third-order valence-corrected chi connectivity index (χ3v) is 7.23. The van der Waals surface area contributed by atoms with E-state index in [2.05, 4.69) is 27.2 Å². The van der Waals surface area contributed by atoms with E-state index < -0.39 is 0 Å². The first-order valence-corrected chi connectivity index (χ1v) is 11.1. The summed E-state index contributed by atoms with van der Waals surface area (Å²) in [6, 6.07) is 0. The van der Waals surface area contributed by atoms with E-state index in [-0.39, 0.29) is 11.7 Å². The van der Waals surface area contributed by atoms with Gasteiger partial charge in [0, 0.05) is 10.3 Å². The normalized spacial score (nSPS) is 16.6. The van der Waals surface area contributed by atoms with Crippen LogP contribution in [-0.4, -0.2) is 26.6 Å².